The summed E-state index contributed by atoms with van der Waals surface area (Å²) in [6.45, 7) is 8.55. The molecule has 1 unspecified atom stereocenters. The van der Waals surface area contributed by atoms with E-state index in [-0.39, 0.29) is 40.5 Å². The topological polar surface area (TPSA) is 97.3 Å². The molecule has 1 aromatic carbocycles. The van der Waals surface area contributed by atoms with Gasteiger partial charge >= 0.3 is 6.09 Å². The molecule has 1 aliphatic rings. The number of piperidine rings is 1. The molecule has 1 atom stereocenters. The number of pyridine rings is 1. The number of aromatic nitrogens is 3. The van der Waals surface area contributed by atoms with E-state index in [1.165, 1.54) is 47.8 Å². The lowest BCUT2D eigenvalue weighted by Gasteiger charge is -2.40. The maximum atomic E-state index is 15.0. The summed E-state index contributed by atoms with van der Waals surface area (Å²) in [6, 6.07) is 6.10. The van der Waals surface area contributed by atoms with E-state index in [4.69, 9.17) is 4.74 Å². The van der Waals surface area contributed by atoms with E-state index in [1.54, 1.807) is 26.8 Å². The fraction of sp³-hybridized carbons (Fsp3) is 0.414. The van der Waals surface area contributed by atoms with Crippen LogP contribution in [0.15, 0.2) is 48.9 Å². The molecule has 0 bridgehead atoms. The van der Waals surface area contributed by atoms with Crippen molar-refractivity contribution in [3.63, 3.8) is 0 Å². The standard InChI is InChI=1S/C29H32F3N5O3/c1-17(2)25-34-15-18(16-35-25)26(38)36-23-20(19-8-6-7-9-21(19)30)10-12-33-24(23)22-14-29(31,32)11-13-37(22)27(39)40-28(3,4)5/h6-10,12,15-17,22H,11,13-14H2,1-5H3,(H,36,38). The average Bonchev–Trinajstić information content (AvgIpc) is 2.87. The van der Waals surface area contributed by atoms with Crippen LogP contribution in [-0.4, -0.2) is 49.9 Å². The van der Waals surface area contributed by atoms with Gasteiger partial charge in [-0.2, -0.15) is 0 Å². The Bertz CT molecular complexity index is 1390. The Balaban J connectivity index is 1.83. The molecule has 1 N–H and O–H groups in total. The minimum absolute atomic E-state index is 0.00166. The van der Waals surface area contributed by atoms with Gasteiger partial charge in [0.15, 0.2) is 0 Å². The number of alkyl halides is 2. The summed E-state index contributed by atoms with van der Waals surface area (Å²) in [5.41, 5.74) is -0.436. The third-order valence-corrected chi connectivity index (χ3v) is 6.36. The molecule has 11 heteroatoms. The number of benzene rings is 1. The van der Waals surface area contributed by atoms with Gasteiger partial charge in [-0.1, -0.05) is 32.0 Å². The van der Waals surface area contributed by atoms with Gasteiger partial charge in [0, 0.05) is 55.0 Å². The van der Waals surface area contributed by atoms with Crippen LogP contribution >= 0.6 is 0 Å². The van der Waals surface area contributed by atoms with E-state index in [0.717, 1.165) is 0 Å². The summed E-state index contributed by atoms with van der Waals surface area (Å²) in [6.07, 6.45) is 1.96. The van der Waals surface area contributed by atoms with E-state index >= 15 is 0 Å². The Labute approximate surface area is 231 Å². The quantitative estimate of drug-likeness (QED) is 0.374. The zero-order valence-corrected chi connectivity index (χ0v) is 23.0. The maximum absolute atomic E-state index is 15.0. The molecule has 0 spiro atoms. The Hall–Kier alpha value is -4.02. The highest BCUT2D eigenvalue weighted by Gasteiger charge is 2.45. The van der Waals surface area contributed by atoms with Crippen molar-refractivity contribution >= 4 is 17.7 Å². The molecule has 0 saturated carbocycles. The molecular formula is C29H32F3N5O3. The van der Waals surface area contributed by atoms with Crippen LogP contribution in [0.3, 0.4) is 0 Å². The third kappa shape index (κ3) is 6.57. The van der Waals surface area contributed by atoms with Crippen molar-refractivity contribution in [1.82, 2.24) is 19.9 Å². The first kappa shape index (κ1) is 29.0. The SMILES string of the molecule is CC(C)c1ncc(C(=O)Nc2c(-c3ccccc3F)ccnc2C2CC(F)(F)CCN2C(=O)OC(C)(C)C)cn1. The fourth-order valence-electron chi connectivity index (χ4n) is 4.42. The van der Waals surface area contributed by atoms with Crippen molar-refractivity contribution < 1.29 is 27.5 Å². The van der Waals surface area contributed by atoms with Crippen LogP contribution < -0.4 is 5.32 Å². The average molecular weight is 556 g/mol. The Morgan fingerprint density at radius 2 is 1.75 bits per heavy atom. The summed E-state index contributed by atoms with van der Waals surface area (Å²) < 4.78 is 50.1. The molecule has 3 heterocycles. The zero-order valence-electron chi connectivity index (χ0n) is 23.0. The highest BCUT2D eigenvalue weighted by atomic mass is 19.3. The first-order valence-electron chi connectivity index (χ1n) is 13.0. The minimum Gasteiger partial charge on any atom is -0.444 e. The number of carbonyl (C=O) groups excluding carboxylic acids is 2. The minimum atomic E-state index is -3.11. The van der Waals surface area contributed by atoms with Gasteiger partial charge in [-0.15, -0.1) is 0 Å². The molecule has 2 amide bonds. The second kappa shape index (κ2) is 11.2. The summed E-state index contributed by atoms with van der Waals surface area (Å²) in [5.74, 6) is -3.75. The van der Waals surface area contributed by atoms with Crippen LogP contribution in [0.5, 0.6) is 0 Å². The summed E-state index contributed by atoms with van der Waals surface area (Å²) in [4.78, 5) is 40.5. The number of anilines is 1. The lowest BCUT2D eigenvalue weighted by Crippen LogP contribution is -2.47. The van der Waals surface area contributed by atoms with Crippen LogP contribution in [0.4, 0.5) is 23.7 Å². The van der Waals surface area contributed by atoms with Crippen LogP contribution in [0.1, 0.15) is 81.3 Å². The van der Waals surface area contributed by atoms with Gasteiger partial charge in [0.1, 0.15) is 17.2 Å². The van der Waals surface area contributed by atoms with Crippen LogP contribution in [-0.2, 0) is 4.74 Å². The molecule has 0 radical (unpaired) electrons. The van der Waals surface area contributed by atoms with E-state index in [2.05, 4.69) is 20.3 Å². The van der Waals surface area contributed by atoms with Crippen molar-refractivity contribution in [1.29, 1.82) is 0 Å². The lowest BCUT2D eigenvalue weighted by atomic mass is 9.92. The predicted octanol–water partition coefficient (Wildman–Crippen LogP) is 6.76. The molecule has 1 saturated heterocycles. The van der Waals surface area contributed by atoms with Crippen molar-refractivity contribution in [3.05, 3.63) is 71.8 Å². The van der Waals surface area contributed by atoms with Gasteiger partial charge in [0.05, 0.1) is 23.0 Å². The Morgan fingerprint density at radius 3 is 2.38 bits per heavy atom. The molecule has 212 valence electrons. The van der Waals surface area contributed by atoms with Crippen molar-refractivity contribution in [2.24, 2.45) is 0 Å². The monoisotopic (exact) mass is 555 g/mol. The number of ether oxygens (including phenoxy) is 1. The smallest absolute Gasteiger partial charge is 0.410 e. The van der Waals surface area contributed by atoms with Gasteiger partial charge in [-0.25, -0.2) is 27.9 Å². The Kier molecular flexibility index (Phi) is 8.13. The normalized spacial score (nSPS) is 17.0. The maximum Gasteiger partial charge on any atom is 0.410 e. The van der Waals surface area contributed by atoms with Gasteiger partial charge in [0.2, 0.25) is 0 Å². The molecule has 0 aliphatic carbocycles. The number of carbonyl (C=O) groups is 2. The molecule has 4 rings (SSSR count). The van der Waals surface area contributed by atoms with E-state index in [9.17, 15) is 22.8 Å². The van der Waals surface area contributed by atoms with Gasteiger partial charge in [-0.3, -0.25) is 14.7 Å². The molecule has 1 aliphatic heterocycles. The van der Waals surface area contributed by atoms with Crippen LogP contribution in [0.2, 0.25) is 0 Å². The lowest BCUT2D eigenvalue weighted by molar-refractivity contribution is -0.0814. The number of likely N-dealkylation sites (tertiary alicyclic amines) is 1. The van der Waals surface area contributed by atoms with E-state index in [0.29, 0.717) is 5.82 Å². The number of amides is 2. The second-order valence-corrected chi connectivity index (χ2v) is 11.0. The molecule has 3 aromatic rings. The third-order valence-electron chi connectivity index (χ3n) is 6.36. The Morgan fingerprint density at radius 1 is 1.07 bits per heavy atom. The largest absolute Gasteiger partial charge is 0.444 e. The van der Waals surface area contributed by atoms with Crippen molar-refractivity contribution in [2.45, 2.75) is 70.9 Å². The summed E-state index contributed by atoms with van der Waals surface area (Å²) >= 11 is 0. The highest BCUT2D eigenvalue weighted by molar-refractivity contribution is 6.06. The summed E-state index contributed by atoms with van der Waals surface area (Å²) in [5, 5.41) is 2.73. The second-order valence-electron chi connectivity index (χ2n) is 11.0. The number of hydrogen-bond donors (Lipinski definition) is 1. The molecule has 8 nitrogen and oxygen atoms in total. The van der Waals surface area contributed by atoms with Crippen molar-refractivity contribution in [3.8, 4) is 11.1 Å². The number of rotatable bonds is 5. The van der Waals surface area contributed by atoms with Crippen LogP contribution in [0.25, 0.3) is 11.1 Å². The number of nitrogens with one attached hydrogen (secondary N) is 1. The van der Waals surface area contributed by atoms with Crippen molar-refractivity contribution in [2.75, 3.05) is 11.9 Å². The first-order chi connectivity index (χ1) is 18.8. The first-order valence-corrected chi connectivity index (χ1v) is 13.0. The van der Waals surface area contributed by atoms with Gasteiger partial charge in [0.25, 0.3) is 11.8 Å². The van der Waals surface area contributed by atoms with Gasteiger partial charge in [-0.05, 0) is 32.9 Å². The number of halogens is 3. The van der Waals surface area contributed by atoms with Gasteiger partial charge < -0.3 is 10.1 Å². The molecular weight excluding hydrogens is 523 g/mol. The number of nitrogens with zero attached hydrogens (tertiary/aromatic N) is 4. The highest BCUT2D eigenvalue weighted by Crippen LogP contribution is 2.44. The fourth-order valence-corrected chi connectivity index (χ4v) is 4.42. The molecule has 40 heavy (non-hydrogen) atoms. The molecule has 1 fully saturated rings. The predicted molar refractivity (Wildman–Crippen MR) is 144 cm³/mol. The summed E-state index contributed by atoms with van der Waals surface area (Å²) in [7, 11) is 0. The van der Waals surface area contributed by atoms with E-state index in [1.807, 2.05) is 13.8 Å². The van der Waals surface area contributed by atoms with Crippen LogP contribution in [0, 0.1) is 5.82 Å². The van der Waals surface area contributed by atoms with E-state index < -0.39 is 48.2 Å². The molecule has 2 aromatic heterocycles. The number of hydrogen-bond acceptors (Lipinski definition) is 6. The zero-order chi connectivity index (χ0) is 29.2.